The third kappa shape index (κ3) is 1.89. The van der Waals surface area contributed by atoms with Crippen molar-refractivity contribution in [3.8, 4) is 0 Å². The highest BCUT2D eigenvalue weighted by Gasteiger charge is 2.28. The van der Waals surface area contributed by atoms with Gasteiger partial charge < -0.3 is 5.73 Å². The van der Waals surface area contributed by atoms with Crippen molar-refractivity contribution >= 4 is 11.8 Å². The average Bonchev–Trinajstić information content (AvgIpc) is 2.66. The van der Waals surface area contributed by atoms with E-state index in [0.717, 1.165) is 5.69 Å². The van der Waals surface area contributed by atoms with E-state index in [4.69, 9.17) is 5.73 Å². The van der Waals surface area contributed by atoms with Crippen LogP contribution in [0.3, 0.4) is 0 Å². The molecule has 1 aliphatic heterocycles. The zero-order chi connectivity index (χ0) is 10.8. The van der Waals surface area contributed by atoms with Crippen LogP contribution in [0.15, 0.2) is 12.3 Å². The molecule has 6 nitrogen and oxygen atoms in total. The number of piperidine rings is 1. The fourth-order valence-electron chi connectivity index (χ4n) is 1.59. The Morgan fingerprint density at radius 1 is 1.60 bits per heavy atom. The highest BCUT2D eigenvalue weighted by atomic mass is 16.2. The van der Waals surface area contributed by atoms with Crippen molar-refractivity contribution in [1.82, 2.24) is 15.1 Å². The summed E-state index contributed by atoms with van der Waals surface area (Å²) in [5, 5.41) is 6.43. The normalized spacial score (nSPS) is 21.5. The number of nitrogens with one attached hydrogen (secondary N) is 1. The van der Waals surface area contributed by atoms with E-state index >= 15 is 0 Å². The predicted octanol–water partition coefficient (Wildman–Crippen LogP) is -0.681. The third-order valence-corrected chi connectivity index (χ3v) is 2.40. The van der Waals surface area contributed by atoms with Crippen molar-refractivity contribution in [1.29, 1.82) is 0 Å². The zero-order valence-electron chi connectivity index (χ0n) is 8.14. The van der Waals surface area contributed by atoms with E-state index in [0.29, 0.717) is 19.4 Å². The van der Waals surface area contributed by atoms with Crippen molar-refractivity contribution in [3.63, 3.8) is 0 Å². The van der Waals surface area contributed by atoms with Gasteiger partial charge in [0.05, 0.1) is 5.69 Å². The standard InChI is InChI=1S/C9H12N4O2/c10-5-6-3-4-13(12-6)7-1-2-8(14)11-9(7)15/h3-4,7H,1-2,5,10H2,(H,11,14,15). The molecule has 1 aromatic heterocycles. The van der Waals surface area contributed by atoms with Crippen LogP contribution in [0.25, 0.3) is 0 Å². The number of hydrogen-bond acceptors (Lipinski definition) is 4. The Morgan fingerprint density at radius 3 is 3.00 bits per heavy atom. The molecular weight excluding hydrogens is 196 g/mol. The largest absolute Gasteiger partial charge is 0.325 e. The summed E-state index contributed by atoms with van der Waals surface area (Å²) in [4.78, 5) is 22.4. The highest BCUT2D eigenvalue weighted by Crippen LogP contribution is 2.17. The molecule has 2 heterocycles. The zero-order valence-corrected chi connectivity index (χ0v) is 8.14. The first-order valence-corrected chi connectivity index (χ1v) is 4.78. The lowest BCUT2D eigenvalue weighted by atomic mass is 10.1. The highest BCUT2D eigenvalue weighted by molar-refractivity contribution is 5.99. The number of imide groups is 1. The van der Waals surface area contributed by atoms with Gasteiger partial charge in [-0.25, -0.2) is 0 Å². The molecule has 80 valence electrons. The van der Waals surface area contributed by atoms with Crippen LogP contribution in [0.2, 0.25) is 0 Å². The van der Waals surface area contributed by atoms with Crippen LogP contribution < -0.4 is 11.1 Å². The van der Waals surface area contributed by atoms with Crippen molar-refractivity contribution in [3.05, 3.63) is 18.0 Å². The van der Waals surface area contributed by atoms with Gasteiger partial charge in [-0.15, -0.1) is 0 Å². The van der Waals surface area contributed by atoms with Crippen LogP contribution in [-0.4, -0.2) is 21.6 Å². The molecule has 1 aliphatic rings. The number of hydrogen-bond donors (Lipinski definition) is 2. The van der Waals surface area contributed by atoms with Gasteiger partial charge in [-0.1, -0.05) is 0 Å². The summed E-state index contributed by atoms with van der Waals surface area (Å²) in [6.45, 7) is 0.347. The minimum Gasteiger partial charge on any atom is -0.325 e. The predicted molar refractivity (Wildman–Crippen MR) is 51.5 cm³/mol. The third-order valence-electron chi connectivity index (χ3n) is 2.40. The van der Waals surface area contributed by atoms with Gasteiger partial charge in [-0.2, -0.15) is 5.10 Å². The lowest BCUT2D eigenvalue weighted by Gasteiger charge is -2.20. The Bertz CT molecular complexity index is 399. The second kappa shape index (κ2) is 3.82. The average molecular weight is 208 g/mol. The number of carbonyl (C=O) groups excluding carboxylic acids is 2. The summed E-state index contributed by atoms with van der Waals surface area (Å²) in [5.41, 5.74) is 6.15. The Balaban J connectivity index is 2.16. The molecule has 0 aromatic carbocycles. The molecule has 1 aromatic rings. The molecule has 2 amide bonds. The maximum Gasteiger partial charge on any atom is 0.251 e. The van der Waals surface area contributed by atoms with E-state index < -0.39 is 0 Å². The number of nitrogens with two attached hydrogens (primary N) is 1. The first kappa shape index (κ1) is 9.85. The molecule has 1 atom stereocenters. The van der Waals surface area contributed by atoms with Gasteiger partial charge in [0.1, 0.15) is 6.04 Å². The topological polar surface area (TPSA) is 90.0 Å². The van der Waals surface area contributed by atoms with Gasteiger partial charge in [0.15, 0.2) is 0 Å². The van der Waals surface area contributed by atoms with Gasteiger partial charge in [0.25, 0.3) is 5.91 Å². The van der Waals surface area contributed by atoms with Crippen LogP contribution >= 0.6 is 0 Å². The van der Waals surface area contributed by atoms with E-state index in [1.165, 1.54) is 0 Å². The van der Waals surface area contributed by atoms with Crippen molar-refractivity contribution in [2.75, 3.05) is 0 Å². The number of amides is 2. The molecule has 0 bridgehead atoms. The lowest BCUT2D eigenvalue weighted by Crippen LogP contribution is -2.41. The van der Waals surface area contributed by atoms with Gasteiger partial charge in [-0.3, -0.25) is 19.6 Å². The van der Waals surface area contributed by atoms with Gasteiger partial charge in [-0.05, 0) is 12.5 Å². The van der Waals surface area contributed by atoms with E-state index in [-0.39, 0.29) is 17.9 Å². The summed E-state index contributed by atoms with van der Waals surface area (Å²) in [5.74, 6) is -0.514. The first-order chi connectivity index (χ1) is 7.20. The molecule has 15 heavy (non-hydrogen) atoms. The molecule has 1 fully saturated rings. The van der Waals surface area contributed by atoms with E-state index in [1.807, 2.05) is 0 Å². The molecule has 0 spiro atoms. The van der Waals surface area contributed by atoms with Crippen LogP contribution in [0.1, 0.15) is 24.6 Å². The lowest BCUT2D eigenvalue weighted by molar-refractivity contribution is -0.135. The minimum absolute atomic E-state index is 0.220. The maximum absolute atomic E-state index is 11.5. The van der Waals surface area contributed by atoms with Crippen molar-refractivity contribution in [2.24, 2.45) is 5.73 Å². The van der Waals surface area contributed by atoms with E-state index in [9.17, 15) is 9.59 Å². The Hall–Kier alpha value is -1.69. The maximum atomic E-state index is 11.5. The summed E-state index contributed by atoms with van der Waals surface area (Å²) in [6.07, 6.45) is 2.56. The number of carbonyl (C=O) groups is 2. The fourth-order valence-corrected chi connectivity index (χ4v) is 1.59. The quantitative estimate of drug-likeness (QED) is 0.630. The van der Waals surface area contributed by atoms with Crippen LogP contribution in [-0.2, 0) is 16.1 Å². The second-order valence-electron chi connectivity index (χ2n) is 3.46. The summed E-state index contributed by atoms with van der Waals surface area (Å²) in [6, 6.07) is 1.38. The number of nitrogens with zero attached hydrogens (tertiary/aromatic N) is 2. The Kier molecular flexibility index (Phi) is 2.51. The first-order valence-electron chi connectivity index (χ1n) is 4.78. The van der Waals surface area contributed by atoms with Crippen LogP contribution in [0.4, 0.5) is 0 Å². The van der Waals surface area contributed by atoms with Gasteiger partial charge >= 0.3 is 0 Å². The molecule has 2 rings (SSSR count). The van der Waals surface area contributed by atoms with Crippen LogP contribution in [0.5, 0.6) is 0 Å². The molecule has 0 saturated carbocycles. The van der Waals surface area contributed by atoms with Gasteiger partial charge in [0.2, 0.25) is 5.91 Å². The molecule has 1 saturated heterocycles. The monoisotopic (exact) mass is 208 g/mol. The molecule has 6 heteroatoms. The molecular formula is C9H12N4O2. The minimum atomic E-state index is -0.386. The van der Waals surface area contributed by atoms with Crippen LogP contribution in [0, 0.1) is 0 Å². The SMILES string of the molecule is NCc1ccn(C2CCC(=O)NC2=O)n1. The summed E-state index contributed by atoms with van der Waals surface area (Å²) >= 11 is 0. The van der Waals surface area contributed by atoms with Crippen molar-refractivity contribution < 1.29 is 9.59 Å². The summed E-state index contributed by atoms with van der Waals surface area (Å²) < 4.78 is 1.56. The molecule has 3 N–H and O–H groups in total. The van der Waals surface area contributed by atoms with Gasteiger partial charge in [0, 0.05) is 19.2 Å². The second-order valence-corrected chi connectivity index (χ2v) is 3.46. The molecule has 1 unspecified atom stereocenters. The number of rotatable bonds is 2. The Morgan fingerprint density at radius 2 is 2.40 bits per heavy atom. The van der Waals surface area contributed by atoms with E-state index in [1.54, 1.807) is 16.9 Å². The Labute approximate surface area is 86.4 Å². The fraction of sp³-hybridized carbons (Fsp3) is 0.444. The van der Waals surface area contributed by atoms with Crippen molar-refractivity contribution in [2.45, 2.75) is 25.4 Å². The van der Waals surface area contributed by atoms with E-state index in [2.05, 4.69) is 10.4 Å². The number of aromatic nitrogens is 2. The smallest absolute Gasteiger partial charge is 0.251 e. The molecule has 0 radical (unpaired) electrons. The molecule has 0 aliphatic carbocycles. The summed E-state index contributed by atoms with van der Waals surface area (Å²) in [7, 11) is 0.